The first kappa shape index (κ1) is 23.8. The number of hydrogen-bond acceptors (Lipinski definition) is 4. The Balaban J connectivity index is 1.25. The van der Waals surface area contributed by atoms with Crippen LogP contribution in [0.15, 0.2) is 48.5 Å². The van der Waals surface area contributed by atoms with Crippen molar-refractivity contribution in [1.82, 2.24) is 10.6 Å². The maximum atomic E-state index is 12.6. The average Bonchev–Trinajstić information content (AvgIpc) is 3.42. The summed E-state index contributed by atoms with van der Waals surface area (Å²) in [6, 6.07) is 16.2. The Labute approximate surface area is 199 Å². The van der Waals surface area contributed by atoms with Crippen molar-refractivity contribution >= 4 is 18.0 Å². The second-order valence-corrected chi connectivity index (χ2v) is 9.11. The van der Waals surface area contributed by atoms with Crippen molar-refractivity contribution in [2.45, 2.75) is 56.9 Å². The van der Waals surface area contributed by atoms with Crippen LogP contribution < -0.4 is 10.6 Å². The van der Waals surface area contributed by atoms with Gasteiger partial charge in [-0.2, -0.15) is 0 Å². The standard InChI is InChI=1S/C27H32N2O5/c30-25(31)15-2-1-7-16-28-26(32)22-13-8-14-24(22)29-27(33)34-17-23-20-11-5-3-9-18(20)19-10-4-6-12-21(19)23/h3-6,9-12,22-24H,1-2,7-8,13-17H2,(H,28,32)(H,29,33)(H,30,31)/t22-,24+/m1/s1. The average molecular weight is 465 g/mol. The van der Waals surface area contributed by atoms with Crippen LogP contribution in [0.4, 0.5) is 4.79 Å². The molecule has 4 rings (SSSR count). The van der Waals surface area contributed by atoms with Gasteiger partial charge in [0.1, 0.15) is 6.61 Å². The Kier molecular flexibility index (Phi) is 7.83. The minimum Gasteiger partial charge on any atom is -0.481 e. The fourth-order valence-electron chi connectivity index (χ4n) is 5.16. The number of carboxylic acids is 1. The summed E-state index contributed by atoms with van der Waals surface area (Å²) >= 11 is 0. The molecule has 0 radical (unpaired) electrons. The monoisotopic (exact) mass is 464 g/mol. The molecular formula is C27H32N2O5. The number of carboxylic acid groups (broad SMARTS) is 1. The number of ether oxygens (including phenoxy) is 1. The molecule has 1 saturated carbocycles. The van der Waals surface area contributed by atoms with Crippen molar-refractivity contribution in [2.24, 2.45) is 5.92 Å². The van der Waals surface area contributed by atoms with E-state index in [1.165, 1.54) is 11.1 Å². The number of hydrogen-bond donors (Lipinski definition) is 3. The Bertz CT molecular complexity index is 992. The molecule has 0 unspecified atom stereocenters. The minimum atomic E-state index is -0.794. The van der Waals surface area contributed by atoms with Gasteiger partial charge in [0.25, 0.3) is 0 Å². The number of rotatable bonds is 10. The molecule has 7 nitrogen and oxygen atoms in total. The fourth-order valence-corrected chi connectivity index (χ4v) is 5.16. The lowest BCUT2D eigenvalue weighted by molar-refractivity contribution is -0.137. The summed E-state index contributed by atoms with van der Waals surface area (Å²) in [6.07, 6.45) is 4.16. The number of amides is 2. The van der Waals surface area contributed by atoms with Crippen LogP contribution in [0.3, 0.4) is 0 Å². The van der Waals surface area contributed by atoms with E-state index in [0.717, 1.165) is 43.2 Å². The molecule has 2 aliphatic carbocycles. The number of aliphatic carboxylic acids is 1. The summed E-state index contributed by atoms with van der Waals surface area (Å²) in [5.41, 5.74) is 4.70. The highest BCUT2D eigenvalue weighted by molar-refractivity contribution is 5.81. The molecule has 0 heterocycles. The number of alkyl carbamates (subject to hydrolysis) is 1. The number of benzene rings is 2. The fraction of sp³-hybridized carbons (Fsp3) is 0.444. The zero-order chi connectivity index (χ0) is 23.9. The van der Waals surface area contributed by atoms with Crippen molar-refractivity contribution in [3.63, 3.8) is 0 Å². The molecule has 2 aromatic carbocycles. The van der Waals surface area contributed by atoms with E-state index in [1.54, 1.807) is 0 Å². The molecule has 2 amide bonds. The van der Waals surface area contributed by atoms with Gasteiger partial charge in [-0.05, 0) is 47.9 Å². The molecule has 7 heteroatoms. The lowest BCUT2D eigenvalue weighted by Gasteiger charge is -2.21. The molecule has 2 atom stereocenters. The van der Waals surface area contributed by atoms with Gasteiger partial charge in [-0.15, -0.1) is 0 Å². The Morgan fingerprint density at radius 3 is 2.26 bits per heavy atom. The van der Waals surface area contributed by atoms with E-state index < -0.39 is 12.1 Å². The first-order valence-corrected chi connectivity index (χ1v) is 12.2. The summed E-state index contributed by atoms with van der Waals surface area (Å²) < 4.78 is 5.64. The number of nitrogens with one attached hydrogen (secondary N) is 2. The number of carbonyl (C=O) groups is 3. The van der Waals surface area contributed by atoms with E-state index in [4.69, 9.17) is 9.84 Å². The molecule has 0 saturated heterocycles. The highest BCUT2D eigenvalue weighted by atomic mass is 16.5. The third-order valence-electron chi connectivity index (χ3n) is 6.87. The summed E-state index contributed by atoms with van der Waals surface area (Å²) in [7, 11) is 0. The van der Waals surface area contributed by atoms with Crippen molar-refractivity contribution in [3.05, 3.63) is 59.7 Å². The Morgan fingerprint density at radius 2 is 1.59 bits per heavy atom. The molecule has 34 heavy (non-hydrogen) atoms. The normalized spacial score (nSPS) is 18.7. The highest BCUT2D eigenvalue weighted by Crippen LogP contribution is 2.44. The molecule has 0 bridgehead atoms. The van der Waals surface area contributed by atoms with Gasteiger partial charge < -0.3 is 20.5 Å². The van der Waals surface area contributed by atoms with E-state index in [9.17, 15) is 14.4 Å². The maximum absolute atomic E-state index is 12.6. The summed E-state index contributed by atoms with van der Waals surface area (Å²) in [5.74, 6) is -1.11. The van der Waals surface area contributed by atoms with Crippen molar-refractivity contribution in [3.8, 4) is 11.1 Å². The van der Waals surface area contributed by atoms with E-state index in [-0.39, 0.29) is 36.8 Å². The van der Waals surface area contributed by atoms with Gasteiger partial charge in [-0.3, -0.25) is 9.59 Å². The predicted molar refractivity (Wildman–Crippen MR) is 128 cm³/mol. The SMILES string of the molecule is O=C(O)CCCCCNC(=O)[C@@H]1CCC[C@@H]1NC(=O)OCC1c2ccccc2-c2ccccc21. The highest BCUT2D eigenvalue weighted by Gasteiger charge is 2.35. The summed E-state index contributed by atoms with van der Waals surface area (Å²) in [6.45, 7) is 0.770. The lowest BCUT2D eigenvalue weighted by Crippen LogP contribution is -2.44. The molecular weight excluding hydrogens is 432 g/mol. The molecule has 0 spiro atoms. The zero-order valence-corrected chi connectivity index (χ0v) is 19.3. The van der Waals surface area contributed by atoms with E-state index in [0.29, 0.717) is 13.0 Å². The number of unbranched alkanes of at least 4 members (excludes halogenated alkanes) is 2. The minimum absolute atomic E-state index is 0.00181. The molecule has 3 N–H and O–H groups in total. The Morgan fingerprint density at radius 1 is 0.912 bits per heavy atom. The molecule has 0 aliphatic heterocycles. The molecule has 2 aromatic rings. The first-order valence-electron chi connectivity index (χ1n) is 12.2. The zero-order valence-electron chi connectivity index (χ0n) is 19.3. The van der Waals surface area contributed by atoms with Crippen LogP contribution >= 0.6 is 0 Å². The van der Waals surface area contributed by atoms with Crippen LogP contribution in [0.25, 0.3) is 11.1 Å². The summed E-state index contributed by atoms with van der Waals surface area (Å²) in [5, 5.41) is 14.5. The van der Waals surface area contributed by atoms with Gasteiger partial charge in [0.05, 0.1) is 5.92 Å². The molecule has 0 aromatic heterocycles. The molecule has 1 fully saturated rings. The third kappa shape index (κ3) is 5.58. The van der Waals surface area contributed by atoms with Gasteiger partial charge in [-0.1, -0.05) is 61.4 Å². The van der Waals surface area contributed by atoms with E-state index in [1.807, 2.05) is 24.3 Å². The van der Waals surface area contributed by atoms with Crippen molar-refractivity contribution in [2.75, 3.05) is 13.2 Å². The second-order valence-electron chi connectivity index (χ2n) is 9.11. The smallest absolute Gasteiger partial charge is 0.407 e. The predicted octanol–water partition coefficient (Wildman–Crippen LogP) is 4.46. The van der Waals surface area contributed by atoms with Gasteiger partial charge in [0, 0.05) is 24.9 Å². The van der Waals surface area contributed by atoms with Gasteiger partial charge in [-0.25, -0.2) is 4.79 Å². The van der Waals surface area contributed by atoms with E-state index in [2.05, 4.69) is 34.9 Å². The van der Waals surface area contributed by atoms with Crippen LogP contribution in [-0.4, -0.2) is 42.3 Å². The van der Waals surface area contributed by atoms with Crippen molar-refractivity contribution < 1.29 is 24.2 Å². The molecule has 180 valence electrons. The molecule has 2 aliphatic rings. The van der Waals surface area contributed by atoms with Crippen molar-refractivity contribution in [1.29, 1.82) is 0 Å². The number of carbonyl (C=O) groups excluding carboxylic acids is 2. The first-order chi connectivity index (χ1) is 16.5. The maximum Gasteiger partial charge on any atom is 0.407 e. The Hall–Kier alpha value is -3.35. The van der Waals surface area contributed by atoms with Crippen LogP contribution in [0.2, 0.25) is 0 Å². The number of fused-ring (bicyclic) bond motifs is 3. The van der Waals surface area contributed by atoms with Crippen LogP contribution in [0.1, 0.15) is 62.0 Å². The van der Waals surface area contributed by atoms with E-state index >= 15 is 0 Å². The third-order valence-corrected chi connectivity index (χ3v) is 6.87. The largest absolute Gasteiger partial charge is 0.481 e. The summed E-state index contributed by atoms with van der Waals surface area (Å²) in [4.78, 5) is 35.8. The van der Waals surface area contributed by atoms with Gasteiger partial charge >= 0.3 is 12.1 Å². The quantitative estimate of drug-likeness (QED) is 0.451. The van der Waals surface area contributed by atoms with Gasteiger partial charge in [0.15, 0.2) is 0 Å². The van der Waals surface area contributed by atoms with Crippen LogP contribution in [0.5, 0.6) is 0 Å². The lowest BCUT2D eigenvalue weighted by atomic mass is 9.98. The second kappa shape index (κ2) is 11.2. The van der Waals surface area contributed by atoms with Gasteiger partial charge in [0.2, 0.25) is 5.91 Å². The van der Waals surface area contributed by atoms with Crippen LogP contribution in [-0.2, 0) is 14.3 Å². The van der Waals surface area contributed by atoms with Crippen LogP contribution in [0, 0.1) is 5.92 Å². The topological polar surface area (TPSA) is 105 Å².